The van der Waals surface area contributed by atoms with Crippen LogP contribution < -0.4 is 5.32 Å². The van der Waals surface area contributed by atoms with Crippen molar-refractivity contribution in [2.24, 2.45) is 5.92 Å². The summed E-state index contributed by atoms with van der Waals surface area (Å²) in [7, 11) is -2.32. The number of benzene rings is 1. The number of rotatable bonds is 4. The highest BCUT2D eigenvalue weighted by Gasteiger charge is 2.32. The fourth-order valence-electron chi connectivity index (χ4n) is 2.48. The quantitative estimate of drug-likeness (QED) is 0.859. The Morgan fingerprint density at radius 1 is 1.14 bits per heavy atom. The van der Waals surface area contributed by atoms with Crippen LogP contribution in [0.2, 0.25) is 0 Å². The van der Waals surface area contributed by atoms with Crippen LogP contribution in [0.5, 0.6) is 0 Å². The van der Waals surface area contributed by atoms with E-state index in [1.165, 1.54) is 0 Å². The van der Waals surface area contributed by atoms with Crippen LogP contribution >= 0.6 is 0 Å². The Labute approximate surface area is 122 Å². The van der Waals surface area contributed by atoms with Crippen LogP contribution in [0.25, 0.3) is 0 Å². The normalized spacial score (nSPS) is 18.1. The van der Waals surface area contributed by atoms with Gasteiger partial charge in [-0.2, -0.15) is 4.31 Å². The van der Waals surface area contributed by atoms with Gasteiger partial charge in [-0.1, -0.05) is 0 Å². The second kappa shape index (κ2) is 6.33. The molecule has 8 heteroatoms. The van der Waals surface area contributed by atoms with E-state index >= 15 is 0 Å². The van der Waals surface area contributed by atoms with Gasteiger partial charge in [-0.3, -0.25) is 0 Å². The lowest BCUT2D eigenvalue weighted by Gasteiger charge is -2.31. The van der Waals surface area contributed by atoms with E-state index in [0.29, 0.717) is 24.8 Å². The lowest BCUT2D eigenvalue weighted by atomic mass is 9.98. The molecule has 0 unspecified atom stereocenters. The number of halogens is 3. The zero-order chi connectivity index (χ0) is 15.6. The molecule has 0 bridgehead atoms. The standard InChI is InChI=1S/C13H17F3N2O2S/c1-17-8-9-2-4-18(5-3-9)21(19,20)13-7-11(15)10(14)6-12(13)16/h6-7,9,17H,2-5,8H2,1H3. The Hall–Kier alpha value is -1.12. The lowest BCUT2D eigenvalue weighted by molar-refractivity contribution is 0.270. The molecule has 0 aliphatic carbocycles. The van der Waals surface area contributed by atoms with Crippen LogP contribution in [0.1, 0.15) is 12.8 Å². The van der Waals surface area contributed by atoms with Gasteiger partial charge in [0.1, 0.15) is 10.7 Å². The van der Waals surface area contributed by atoms with Gasteiger partial charge in [0.25, 0.3) is 0 Å². The summed E-state index contributed by atoms with van der Waals surface area (Å²) in [5.41, 5.74) is 0. The van der Waals surface area contributed by atoms with E-state index in [9.17, 15) is 21.6 Å². The van der Waals surface area contributed by atoms with E-state index in [0.717, 1.165) is 10.8 Å². The molecule has 1 fully saturated rings. The summed E-state index contributed by atoms with van der Waals surface area (Å²) in [6.45, 7) is 1.27. The van der Waals surface area contributed by atoms with E-state index in [2.05, 4.69) is 5.32 Å². The van der Waals surface area contributed by atoms with Crippen molar-refractivity contribution < 1.29 is 21.6 Å². The summed E-state index contributed by atoms with van der Waals surface area (Å²) >= 11 is 0. The molecule has 1 aromatic carbocycles. The molecule has 0 saturated carbocycles. The van der Waals surface area contributed by atoms with Crippen LogP contribution in [0.15, 0.2) is 17.0 Å². The Bertz CT molecular complexity index is 614. The van der Waals surface area contributed by atoms with E-state index in [4.69, 9.17) is 0 Å². The minimum absolute atomic E-state index is 0.243. The minimum Gasteiger partial charge on any atom is -0.319 e. The summed E-state index contributed by atoms with van der Waals surface area (Å²) in [5, 5.41) is 3.03. The third kappa shape index (κ3) is 3.38. The third-order valence-electron chi connectivity index (χ3n) is 3.66. The van der Waals surface area contributed by atoms with Gasteiger partial charge in [-0.05, 0) is 38.4 Å². The average molecular weight is 322 g/mol. The predicted octanol–water partition coefficient (Wildman–Crippen LogP) is 1.72. The summed E-state index contributed by atoms with van der Waals surface area (Å²) < 4.78 is 65.5. The summed E-state index contributed by atoms with van der Waals surface area (Å²) in [6.07, 6.45) is 1.29. The predicted molar refractivity (Wildman–Crippen MR) is 71.7 cm³/mol. The first-order chi connectivity index (χ1) is 9.86. The number of hydrogen-bond acceptors (Lipinski definition) is 3. The Morgan fingerprint density at radius 2 is 1.71 bits per heavy atom. The van der Waals surface area contributed by atoms with Gasteiger partial charge < -0.3 is 5.32 Å². The van der Waals surface area contributed by atoms with Crippen molar-refractivity contribution in [3.8, 4) is 0 Å². The zero-order valence-electron chi connectivity index (χ0n) is 11.6. The molecule has 0 atom stereocenters. The van der Waals surface area contributed by atoms with E-state index < -0.39 is 32.4 Å². The largest absolute Gasteiger partial charge is 0.319 e. The minimum atomic E-state index is -4.14. The molecule has 1 N–H and O–H groups in total. The first kappa shape index (κ1) is 16.3. The first-order valence-electron chi connectivity index (χ1n) is 6.65. The molecule has 0 radical (unpaired) electrons. The van der Waals surface area contributed by atoms with Crippen molar-refractivity contribution in [1.82, 2.24) is 9.62 Å². The summed E-state index contributed by atoms with van der Waals surface area (Å²) in [5.74, 6) is -3.69. The van der Waals surface area contributed by atoms with Crippen molar-refractivity contribution >= 4 is 10.0 Å². The Kier molecular flexibility index (Phi) is 4.90. The second-order valence-electron chi connectivity index (χ2n) is 5.10. The van der Waals surface area contributed by atoms with Crippen LogP contribution in [-0.4, -0.2) is 39.4 Å². The third-order valence-corrected chi connectivity index (χ3v) is 5.57. The average Bonchev–Trinajstić information content (AvgIpc) is 2.43. The molecule has 2 rings (SSSR count). The monoisotopic (exact) mass is 322 g/mol. The topological polar surface area (TPSA) is 49.4 Å². The summed E-state index contributed by atoms with van der Waals surface area (Å²) in [4.78, 5) is -0.812. The van der Waals surface area contributed by atoms with E-state index in [1.807, 2.05) is 7.05 Å². The maximum absolute atomic E-state index is 13.7. The molecule has 118 valence electrons. The fourth-order valence-corrected chi connectivity index (χ4v) is 4.01. The Morgan fingerprint density at radius 3 is 2.29 bits per heavy atom. The molecule has 0 aromatic heterocycles. The maximum Gasteiger partial charge on any atom is 0.246 e. The molecular weight excluding hydrogens is 305 g/mol. The zero-order valence-corrected chi connectivity index (χ0v) is 12.4. The number of hydrogen-bond donors (Lipinski definition) is 1. The molecule has 0 amide bonds. The molecule has 1 heterocycles. The van der Waals surface area contributed by atoms with Crippen LogP contribution in [0.4, 0.5) is 13.2 Å². The lowest BCUT2D eigenvalue weighted by Crippen LogP contribution is -2.40. The molecular formula is C13H17F3N2O2S. The van der Waals surface area contributed by atoms with Crippen molar-refractivity contribution in [2.45, 2.75) is 17.7 Å². The summed E-state index contributed by atoms with van der Waals surface area (Å²) in [6, 6.07) is 0.662. The van der Waals surface area contributed by atoms with Gasteiger partial charge in [-0.25, -0.2) is 21.6 Å². The number of sulfonamides is 1. The molecule has 1 aromatic rings. The molecule has 1 saturated heterocycles. The van der Waals surface area contributed by atoms with Gasteiger partial charge in [0.05, 0.1) is 0 Å². The van der Waals surface area contributed by atoms with Crippen molar-refractivity contribution in [3.05, 3.63) is 29.6 Å². The smallest absolute Gasteiger partial charge is 0.246 e. The molecule has 21 heavy (non-hydrogen) atoms. The van der Waals surface area contributed by atoms with Gasteiger partial charge >= 0.3 is 0 Å². The van der Waals surface area contributed by atoms with Gasteiger partial charge in [0.2, 0.25) is 10.0 Å². The van der Waals surface area contributed by atoms with E-state index in [1.54, 1.807) is 0 Å². The fraction of sp³-hybridized carbons (Fsp3) is 0.538. The van der Waals surface area contributed by atoms with Gasteiger partial charge in [-0.15, -0.1) is 0 Å². The highest BCUT2D eigenvalue weighted by molar-refractivity contribution is 7.89. The molecule has 0 spiro atoms. The number of nitrogens with one attached hydrogen (secondary N) is 1. The number of nitrogens with zero attached hydrogens (tertiary/aromatic N) is 1. The molecule has 4 nitrogen and oxygen atoms in total. The van der Waals surface area contributed by atoms with E-state index in [-0.39, 0.29) is 19.2 Å². The SMILES string of the molecule is CNCC1CCN(S(=O)(=O)c2cc(F)c(F)cc2F)CC1. The highest BCUT2D eigenvalue weighted by Crippen LogP contribution is 2.26. The van der Waals surface area contributed by atoms with Gasteiger partial charge in [0.15, 0.2) is 11.6 Å². The maximum atomic E-state index is 13.7. The van der Waals surface area contributed by atoms with Gasteiger partial charge in [0, 0.05) is 19.2 Å². The second-order valence-corrected chi connectivity index (χ2v) is 7.01. The van der Waals surface area contributed by atoms with Crippen molar-refractivity contribution in [3.63, 3.8) is 0 Å². The van der Waals surface area contributed by atoms with Crippen LogP contribution in [0, 0.1) is 23.4 Å². The highest BCUT2D eigenvalue weighted by atomic mass is 32.2. The molecule has 1 aliphatic rings. The van der Waals surface area contributed by atoms with Crippen LogP contribution in [-0.2, 0) is 10.0 Å². The molecule has 1 aliphatic heterocycles. The van der Waals surface area contributed by atoms with Crippen LogP contribution in [0.3, 0.4) is 0 Å². The van der Waals surface area contributed by atoms with Crippen molar-refractivity contribution in [1.29, 1.82) is 0 Å². The van der Waals surface area contributed by atoms with Crippen molar-refractivity contribution in [2.75, 3.05) is 26.7 Å². The Balaban J connectivity index is 2.22. The first-order valence-corrected chi connectivity index (χ1v) is 8.09. The number of piperidine rings is 1.